The molecule has 7 rings (SSSR count). The van der Waals surface area contributed by atoms with E-state index < -0.39 is 10.1 Å². The van der Waals surface area contributed by atoms with Crippen molar-refractivity contribution in [1.29, 1.82) is 0 Å². The maximum absolute atomic E-state index is 13.7. The summed E-state index contributed by atoms with van der Waals surface area (Å²) < 4.78 is 42.2. The van der Waals surface area contributed by atoms with Gasteiger partial charge in [0, 0.05) is 0 Å². The first-order valence-electron chi connectivity index (χ1n) is 14.2. The summed E-state index contributed by atoms with van der Waals surface area (Å²) in [6.45, 7) is 0. The van der Waals surface area contributed by atoms with Gasteiger partial charge < -0.3 is 4.74 Å². The Kier molecular flexibility index (Phi) is 6.28. The quantitative estimate of drug-likeness (QED) is 0.264. The van der Waals surface area contributed by atoms with Gasteiger partial charge >= 0.3 is 5.97 Å². The molecule has 6 aliphatic rings. The molecule has 0 radical (unpaired) electrons. The average Bonchev–Trinajstić information content (AvgIpc) is 2.83. The Bertz CT molecular complexity index is 1000. The average molecular weight is 501 g/mol. The van der Waals surface area contributed by atoms with E-state index in [0.717, 1.165) is 83.5 Å². The predicted molar refractivity (Wildman–Crippen MR) is 134 cm³/mol. The fourth-order valence-corrected chi connectivity index (χ4v) is 10.1. The van der Waals surface area contributed by atoms with E-state index >= 15 is 0 Å². The van der Waals surface area contributed by atoms with Gasteiger partial charge in [0.2, 0.25) is 0 Å². The highest BCUT2D eigenvalue weighted by Crippen LogP contribution is 2.60. The van der Waals surface area contributed by atoms with Gasteiger partial charge in [-0.05, 0) is 117 Å². The molecule has 6 aliphatic carbocycles. The Morgan fingerprint density at radius 2 is 1.20 bits per heavy atom. The Balaban J connectivity index is 1.39. The summed E-state index contributed by atoms with van der Waals surface area (Å²) in [6, 6.07) is 3.59. The molecule has 5 nitrogen and oxygen atoms in total. The Morgan fingerprint density at radius 3 is 1.60 bits per heavy atom. The zero-order valence-electron chi connectivity index (χ0n) is 20.8. The molecule has 0 heterocycles. The van der Waals surface area contributed by atoms with Gasteiger partial charge in [0.05, 0.1) is 5.41 Å². The van der Waals surface area contributed by atoms with Crippen LogP contribution in [0.15, 0.2) is 17.0 Å². The van der Waals surface area contributed by atoms with Crippen LogP contribution in [0.3, 0.4) is 0 Å². The number of benzene rings is 1. The van der Waals surface area contributed by atoms with Crippen LogP contribution in [0.1, 0.15) is 126 Å². The summed E-state index contributed by atoms with van der Waals surface area (Å²) in [5, 5.41) is 0. The van der Waals surface area contributed by atoms with Crippen molar-refractivity contribution in [3.8, 4) is 5.75 Å². The normalized spacial score (nSPS) is 33.7. The third kappa shape index (κ3) is 4.58. The van der Waals surface area contributed by atoms with Gasteiger partial charge in [-0.2, -0.15) is 8.42 Å². The van der Waals surface area contributed by atoms with Gasteiger partial charge in [-0.15, -0.1) is 0 Å². The minimum absolute atomic E-state index is 0.0845. The van der Waals surface area contributed by atoms with Crippen molar-refractivity contribution in [3.05, 3.63) is 23.3 Å². The molecule has 0 amide bonds. The number of esters is 1. The Labute approximate surface area is 210 Å². The number of hydrogen-bond donors (Lipinski definition) is 1. The molecular weight excluding hydrogens is 460 g/mol. The highest BCUT2D eigenvalue weighted by Gasteiger charge is 2.55. The molecule has 0 aromatic heterocycles. The van der Waals surface area contributed by atoms with Crippen LogP contribution in [0.5, 0.6) is 5.75 Å². The Morgan fingerprint density at radius 1 is 0.771 bits per heavy atom. The topological polar surface area (TPSA) is 80.7 Å². The smallest absolute Gasteiger partial charge is 0.317 e. The third-order valence-electron chi connectivity index (χ3n) is 10.1. The van der Waals surface area contributed by atoms with Crippen LogP contribution >= 0.6 is 0 Å². The van der Waals surface area contributed by atoms with Crippen molar-refractivity contribution in [2.45, 2.75) is 119 Å². The van der Waals surface area contributed by atoms with E-state index in [1.807, 2.05) is 0 Å². The van der Waals surface area contributed by atoms with Crippen molar-refractivity contribution in [2.24, 2.45) is 23.2 Å². The highest BCUT2D eigenvalue weighted by atomic mass is 32.2. The molecule has 1 aromatic carbocycles. The highest BCUT2D eigenvalue weighted by molar-refractivity contribution is 7.86. The van der Waals surface area contributed by atoms with Gasteiger partial charge in [-0.25, -0.2) is 0 Å². The van der Waals surface area contributed by atoms with E-state index in [1.165, 1.54) is 19.3 Å². The first-order valence-corrected chi connectivity index (χ1v) is 15.6. The standard InChI is InChI=1S/C29H40O5S/c30-28(29-16-19-11-20(17-29)13-21(12-19)18-29)34-24-14-25(22-7-3-1-4-8-22)27(35(31,32)33)26(15-24)23-9-5-2-6-10-23/h14-15,19-23H,1-13,16-18H2,(H,31,32,33). The second-order valence-corrected chi connectivity index (χ2v) is 14.0. The van der Waals surface area contributed by atoms with Crippen molar-refractivity contribution < 1.29 is 22.5 Å². The molecule has 0 unspecified atom stereocenters. The summed E-state index contributed by atoms with van der Waals surface area (Å²) in [5.41, 5.74) is 1.01. The number of carbonyl (C=O) groups is 1. The number of rotatable bonds is 5. The first kappa shape index (κ1) is 24.0. The number of carbonyl (C=O) groups excluding carboxylic acids is 1. The van der Waals surface area contributed by atoms with Gasteiger partial charge in [-0.1, -0.05) is 38.5 Å². The molecule has 0 saturated heterocycles. The molecule has 1 N–H and O–H groups in total. The van der Waals surface area contributed by atoms with E-state index in [0.29, 0.717) is 34.6 Å². The van der Waals surface area contributed by atoms with Gasteiger partial charge in [0.1, 0.15) is 10.6 Å². The summed E-state index contributed by atoms with van der Waals surface area (Å²) in [5.74, 6) is 2.55. The van der Waals surface area contributed by atoms with Crippen molar-refractivity contribution in [3.63, 3.8) is 0 Å². The molecule has 192 valence electrons. The van der Waals surface area contributed by atoms with Gasteiger partial charge in [-0.3, -0.25) is 9.35 Å². The molecular formula is C29H40O5S. The second kappa shape index (κ2) is 9.16. The molecule has 1 aromatic rings. The number of hydrogen-bond acceptors (Lipinski definition) is 4. The molecule has 4 bridgehead atoms. The molecule has 6 heteroatoms. The second-order valence-electron chi connectivity index (χ2n) is 12.7. The van der Waals surface area contributed by atoms with E-state index in [-0.39, 0.29) is 28.1 Å². The molecule has 0 atom stereocenters. The van der Waals surface area contributed by atoms with Crippen molar-refractivity contribution >= 4 is 16.1 Å². The predicted octanol–water partition coefficient (Wildman–Crippen LogP) is 7.15. The molecule has 0 aliphatic heterocycles. The van der Waals surface area contributed by atoms with Crippen LogP contribution in [-0.2, 0) is 14.9 Å². The van der Waals surface area contributed by atoms with Gasteiger partial charge in [0.25, 0.3) is 10.1 Å². The lowest BCUT2D eigenvalue weighted by Crippen LogP contribution is -2.51. The first-order chi connectivity index (χ1) is 16.8. The lowest BCUT2D eigenvalue weighted by Gasteiger charge is -2.55. The maximum atomic E-state index is 13.7. The van der Waals surface area contributed by atoms with Crippen LogP contribution in [0.25, 0.3) is 0 Å². The van der Waals surface area contributed by atoms with Crippen LogP contribution in [0.2, 0.25) is 0 Å². The van der Waals surface area contributed by atoms with Crippen LogP contribution < -0.4 is 4.74 Å². The van der Waals surface area contributed by atoms with Crippen LogP contribution in [-0.4, -0.2) is 18.9 Å². The lowest BCUT2D eigenvalue weighted by atomic mass is 9.49. The molecule has 0 spiro atoms. The van der Waals surface area contributed by atoms with E-state index in [2.05, 4.69) is 0 Å². The summed E-state index contributed by atoms with van der Waals surface area (Å²) >= 11 is 0. The zero-order valence-corrected chi connectivity index (χ0v) is 21.7. The summed E-state index contributed by atoms with van der Waals surface area (Å²) in [7, 11) is -4.39. The molecule has 6 fully saturated rings. The minimum atomic E-state index is -4.39. The summed E-state index contributed by atoms with van der Waals surface area (Å²) in [4.78, 5) is 13.8. The fourth-order valence-electron chi connectivity index (χ4n) is 9.01. The molecule has 6 saturated carbocycles. The van der Waals surface area contributed by atoms with E-state index in [4.69, 9.17) is 4.74 Å². The van der Waals surface area contributed by atoms with E-state index in [9.17, 15) is 17.8 Å². The van der Waals surface area contributed by atoms with Gasteiger partial charge in [0.15, 0.2) is 0 Å². The maximum Gasteiger partial charge on any atom is 0.317 e. The van der Waals surface area contributed by atoms with Crippen LogP contribution in [0, 0.1) is 23.2 Å². The van der Waals surface area contributed by atoms with E-state index in [1.54, 1.807) is 12.1 Å². The Hall–Kier alpha value is -1.40. The zero-order chi connectivity index (χ0) is 24.2. The largest absolute Gasteiger partial charge is 0.426 e. The van der Waals surface area contributed by atoms with Crippen LogP contribution in [0.4, 0.5) is 0 Å². The monoisotopic (exact) mass is 500 g/mol. The SMILES string of the molecule is O=C(Oc1cc(C2CCCCC2)c(S(=O)(=O)O)c(C2CCCCC2)c1)C12CC3CC(CC(C3)C1)C2. The van der Waals surface area contributed by atoms with Crippen molar-refractivity contribution in [2.75, 3.05) is 0 Å². The minimum Gasteiger partial charge on any atom is -0.426 e. The third-order valence-corrected chi connectivity index (χ3v) is 11.1. The fraction of sp³-hybridized carbons (Fsp3) is 0.759. The lowest BCUT2D eigenvalue weighted by molar-refractivity contribution is -0.161. The molecule has 35 heavy (non-hydrogen) atoms. The van der Waals surface area contributed by atoms with Crippen molar-refractivity contribution in [1.82, 2.24) is 0 Å². The summed E-state index contributed by atoms with van der Waals surface area (Å²) in [6.07, 6.45) is 16.9. The number of ether oxygens (including phenoxy) is 1.